The molecule has 1 aromatic rings. The van der Waals surface area contributed by atoms with Crippen molar-refractivity contribution in [3.63, 3.8) is 0 Å². The first-order valence-corrected chi connectivity index (χ1v) is 12.2. The standard InChI is InChI=1S/C26H28N4O8/c1-30(2)20-14-9-11-8-13-12(16(32)10-29-7-3-6-27)4-5-15(31)18(13)21(33)17(11)23(35)26(14,38)24(36)19(22(20)34)25(28)37/h4-5,11,14,17,19-20,29,31,38H,3,7-10H2,1-2H3,(H2,28,37)/t11-,14-,17?,19?,20-,26-/m0/s1. The first kappa shape index (κ1) is 27.3. The summed E-state index contributed by atoms with van der Waals surface area (Å²) in [4.78, 5) is 80.1. The van der Waals surface area contributed by atoms with Crippen molar-refractivity contribution < 1.29 is 39.0 Å². The zero-order chi connectivity index (χ0) is 28.1. The third-order valence-corrected chi connectivity index (χ3v) is 7.94. The molecule has 0 heterocycles. The fourth-order valence-corrected chi connectivity index (χ4v) is 6.31. The highest BCUT2D eigenvalue weighted by molar-refractivity contribution is 6.32. The third kappa shape index (κ3) is 3.94. The summed E-state index contributed by atoms with van der Waals surface area (Å²) in [6, 6.07) is 3.29. The van der Waals surface area contributed by atoms with E-state index in [0.717, 1.165) is 0 Å². The van der Waals surface area contributed by atoms with Crippen LogP contribution in [0.4, 0.5) is 0 Å². The molecular weight excluding hydrogens is 496 g/mol. The Balaban J connectivity index is 1.78. The van der Waals surface area contributed by atoms with E-state index in [1.807, 2.05) is 6.07 Å². The zero-order valence-electron chi connectivity index (χ0n) is 20.9. The van der Waals surface area contributed by atoms with Crippen LogP contribution >= 0.6 is 0 Å². The SMILES string of the molecule is CN(C)[C@@H]1C(=O)C(C(N)=O)C(=O)[C@@]2(O)C(=O)C3C(=O)c4c(O)ccc(C(=O)CNCCC#N)c4C[C@H]3C[C@@H]12. The lowest BCUT2D eigenvalue weighted by atomic mass is 9.52. The van der Waals surface area contributed by atoms with E-state index < -0.39 is 70.1 Å². The zero-order valence-corrected chi connectivity index (χ0v) is 20.9. The summed E-state index contributed by atoms with van der Waals surface area (Å²) in [5.74, 6) is -11.9. The minimum Gasteiger partial charge on any atom is -0.507 e. The van der Waals surface area contributed by atoms with Gasteiger partial charge in [0.2, 0.25) is 5.91 Å². The van der Waals surface area contributed by atoms with Crippen LogP contribution in [-0.4, -0.2) is 88.8 Å². The molecule has 12 heteroatoms. The number of hydrogen-bond acceptors (Lipinski definition) is 11. The van der Waals surface area contributed by atoms with E-state index in [0.29, 0.717) is 0 Å². The number of carbonyl (C=O) groups excluding carboxylic acids is 6. The maximum atomic E-state index is 13.8. The Morgan fingerprint density at radius 3 is 2.50 bits per heavy atom. The minimum absolute atomic E-state index is 0.000490. The highest BCUT2D eigenvalue weighted by Crippen LogP contribution is 2.51. The van der Waals surface area contributed by atoms with Crippen molar-refractivity contribution in [2.45, 2.75) is 30.9 Å². The molecule has 1 amide bonds. The van der Waals surface area contributed by atoms with E-state index >= 15 is 0 Å². The summed E-state index contributed by atoms with van der Waals surface area (Å²) in [7, 11) is 3.01. The van der Waals surface area contributed by atoms with Gasteiger partial charge in [-0.05, 0) is 50.6 Å². The van der Waals surface area contributed by atoms with Gasteiger partial charge in [0, 0.05) is 24.4 Å². The molecule has 38 heavy (non-hydrogen) atoms. The number of Topliss-reactive ketones (excluding diaryl/α,β-unsaturated/α-hetero) is 5. The first-order chi connectivity index (χ1) is 17.9. The molecule has 0 spiro atoms. The summed E-state index contributed by atoms with van der Waals surface area (Å²) in [6.07, 6.45) is 0.0871. The van der Waals surface area contributed by atoms with Crippen LogP contribution in [0.2, 0.25) is 0 Å². The Morgan fingerprint density at radius 1 is 1.21 bits per heavy atom. The second-order valence-corrected chi connectivity index (χ2v) is 10.3. The van der Waals surface area contributed by atoms with Crippen molar-refractivity contribution in [2.24, 2.45) is 29.4 Å². The normalized spacial score (nSPS) is 30.3. The predicted molar refractivity (Wildman–Crippen MR) is 129 cm³/mol. The monoisotopic (exact) mass is 524 g/mol. The number of fused-ring (bicyclic) bond motifs is 3. The second kappa shape index (κ2) is 9.83. The molecule has 3 aliphatic carbocycles. The van der Waals surface area contributed by atoms with Gasteiger partial charge in [0.15, 0.2) is 40.4 Å². The Labute approximate surface area is 217 Å². The molecule has 0 aliphatic heterocycles. The lowest BCUT2D eigenvalue weighted by molar-refractivity contribution is -0.181. The number of nitrogens with two attached hydrogens (primary N) is 1. The van der Waals surface area contributed by atoms with Gasteiger partial charge >= 0.3 is 0 Å². The van der Waals surface area contributed by atoms with Gasteiger partial charge in [-0.3, -0.25) is 33.7 Å². The molecule has 1 aromatic carbocycles. The van der Waals surface area contributed by atoms with Crippen LogP contribution in [0, 0.1) is 35.0 Å². The van der Waals surface area contributed by atoms with Gasteiger partial charge in [0.1, 0.15) is 5.75 Å². The maximum Gasteiger partial charge on any atom is 0.235 e. The molecule has 0 radical (unpaired) electrons. The van der Waals surface area contributed by atoms with Crippen LogP contribution < -0.4 is 11.1 Å². The smallest absolute Gasteiger partial charge is 0.235 e. The molecule has 12 nitrogen and oxygen atoms in total. The summed E-state index contributed by atoms with van der Waals surface area (Å²) < 4.78 is 0. The Hall–Kier alpha value is -3.79. The van der Waals surface area contributed by atoms with Crippen molar-refractivity contribution in [2.75, 3.05) is 27.2 Å². The maximum absolute atomic E-state index is 13.8. The number of nitrogens with zero attached hydrogens (tertiary/aromatic N) is 2. The molecule has 3 aliphatic rings. The Bertz CT molecular complexity index is 1310. The number of nitriles is 1. The number of aromatic hydroxyl groups is 1. The van der Waals surface area contributed by atoms with Gasteiger partial charge in [0.25, 0.3) is 0 Å². The third-order valence-electron chi connectivity index (χ3n) is 7.94. The average Bonchev–Trinajstić information content (AvgIpc) is 2.83. The van der Waals surface area contributed by atoms with Crippen molar-refractivity contribution >= 4 is 34.8 Å². The molecule has 2 fully saturated rings. The van der Waals surface area contributed by atoms with Crippen molar-refractivity contribution in [3.05, 3.63) is 28.8 Å². The molecule has 4 rings (SSSR count). The molecule has 0 saturated heterocycles. The van der Waals surface area contributed by atoms with Gasteiger partial charge in [-0.1, -0.05) is 0 Å². The molecule has 2 unspecified atom stereocenters. The number of rotatable bonds is 7. The lowest BCUT2D eigenvalue weighted by Crippen LogP contribution is -2.74. The molecule has 6 atom stereocenters. The van der Waals surface area contributed by atoms with Gasteiger partial charge in [-0.2, -0.15) is 5.26 Å². The number of hydrogen-bond donors (Lipinski definition) is 4. The number of phenols is 1. The number of primary amides is 1. The summed E-state index contributed by atoms with van der Waals surface area (Å²) in [5, 5.41) is 33.6. The van der Waals surface area contributed by atoms with E-state index in [9.17, 15) is 39.0 Å². The quantitative estimate of drug-likeness (QED) is 0.184. The van der Waals surface area contributed by atoms with Crippen LogP contribution in [-0.2, 0) is 25.6 Å². The first-order valence-electron chi connectivity index (χ1n) is 12.2. The lowest BCUT2D eigenvalue weighted by Gasteiger charge is -2.52. The van der Waals surface area contributed by atoms with E-state index in [4.69, 9.17) is 11.0 Å². The van der Waals surface area contributed by atoms with E-state index in [-0.39, 0.29) is 54.8 Å². The van der Waals surface area contributed by atoms with Crippen molar-refractivity contribution in [1.29, 1.82) is 5.26 Å². The Kier molecular flexibility index (Phi) is 7.05. The van der Waals surface area contributed by atoms with E-state index in [1.54, 1.807) is 0 Å². The molecule has 2 saturated carbocycles. The number of ketones is 5. The number of aliphatic hydroxyl groups is 1. The summed E-state index contributed by atoms with van der Waals surface area (Å²) >= 11 is 0. The average molecular weight is 525 g/mol. The predicted octanol–water partition coefficient (Wildman–Crippen LogP) is -1.45. The minimum atomic E-state index is -2.80. The number of nitrogens with one attached hydrogen (secondary N) is 1. The van der Waals surface area contributed by atoms with Gasteiger partial charge < -0.3 is 21.3 Å². The number of phenolic OH excluding ortho intramolecular Hbond substituents is 1. The fraction of sp³-hybridized carbons (Fsp3) is 0.500. The van der Waals surface area contributed by atoms with Crippen LogP contribution in [0.25, 0.3) is 0 Å². The highest BCUT2D eigenvalue weighted by Gasteiger charge is 2.69. The summed E-state index contributed by atoms with van der Waals surface area (Å²) in [5.41, 5.74) is 2.67. The highest BCUT2D eigenvalue weighted by atomic mass is 16.3. The van der Waals surface area contributed by atoms with Gasteiger partial charge in [-0.25, -0.2) is 0 Å². The Morgan fingerprint density at radius 2 is 1.89 bits per heavy atom. The van der Waals surface area contributed by atoms with Crippen molar-refractivity contribution in [1.82, 2.24) is 10.2 Å². The largest absolute Gasteiger partial charge is 0.507 e. The van der Waals surface area contributed by atoms with Crippen LogP contribution in [0.3, 0.4) is 0 Å². The fourth-order valence-electron chi connectivity index (χ4n) is 6.31. The molecule has 0 bridgehead atoms. The molecule has 200 valence electrons. The van der Waals surface area contributed by atoms with Crippen molar-refractivity contribution in [3.8, 4) is 11.8 Å². The molecular formula is C26H28N4O8. The van der Waals surface area contributed by atoms with Crippen LogP contribution in [0.15, 0.2) is 12.1 Å². The second-order valence-electron chi connectivity index (χ2n) is 10.3. The summed E-state index contributed by atoms with van der Waals surface area (Å²) in [6.45, 7) is 0.157. The molecule has 5 N–H and O–H groups in total. The van der Waals surface area contributed by atoms with Crippen LogP contribution in [0.1, 0.15) is 39.1 Å². The number of amides is 1. The topological polar surface area (TPSA) is 208 Å². The van der Waals surface area contributed by atoms with E-state index in [2.05, 4.69) is 5.32 Å². The van der Waals surface area contributed by atoms with E-state index in [1.165, 1.54) is 31.1 Å². The number of carbonyl (C=O) groups is 6. The number of likely N-dealkylation sites (N-methyl/N-ethyl adjacent to an activating group) is 1. The van der Waals surface area contributed by atoms with Gasteiger partial charge in [0.05, 0.1) is 30.1 Å². The molecule has 0 aromatic heterocycles. The van der Waals surface area contributed by atoms with Crippen LogP contribution in [0.5, 0.6) is 5.75 Å². The number of benzene rings is 1. The van der Waals surface area contributed by atoms with Gasteiger partial charge in [-0.15, -0.1) is 0 Å².